The topological polar surface area (TPSA) is 9.23 Å². The molecular weight excluding hydrogens is 252 g/mol. The van der Waals surface area contributed by atoms with Gasteiger partial charge in [-0.3, -0.25) is 0 Å². The Bertz CT molecular complexity index is 132. The quantitative estimate of drug-likeness (QED) is 0.413. The second-order valence-corrected chi connectivity index (χ2v) is 5.01. The minimum absolute atomic E-state index is 0.476. The molecule has 0 saturated carbocycles. The van der Waals surface area contributed by atoms with Crippen molar-refractivity contribution in [2.75, 3.05) is 18.5 Å². The van der Waals surface area contributed by atoms with Crippen LogP contribution in [-0.2, 0) is 4.74 Å². The zero-order valence-electron chi connectivity index (χ0n) is 10.7. The first-order valence-corrected chi connectivity index (χ1v) is 7.50. The molecule has 0 N–H and O–H groups in total. The van der Waals surface area contributed by atoms with Crippen LogP contribution in [0.15, 0.2) is 0 Å². The molecule has 0 saturated heterocycles. The van der Waals surface area contributed by atoms with Gasteiger partial charge in [0.15, 0.2) is 0 Å². The van der Waals surface area contributed by atoms with Crippen LogP contribution in [0.4, 0.5) is 0 Å². The number of unbranched alkanes of at least 4 members (excludes halogenated alkanes) is 1. The molecule has 1 unspecified atom stereocenters. The molecule has 0 spiro atoms. The Morgan fingerprint density at radius 1 is 1.00 bits per heavy atom. The van der Waals surface area contributed by atoms with Gasteiger partial charge in [0.25, 0.3) is 0 Å². The van der Waals surface area contributed by atoms with Crippen LogP contribution < -0.4 is 0 Å². The van der Waals surface area contributed by atoms with E-state index in [2.05, 4.69) is 36.7 Å². The standard InChI is InChI=1S/C13H27BrO/c1-4-7-8-13(6-3,12-14)9-11-15-10-5-2/h4-12H2,1-3H3. The highest BCUT2D eigenvalue weighted by Crippen LogP contribution is 2.34. The third-order valence-electron chi connectivity index (χ3n) is 3.22. The summed E-state index contributed by atoms with van der Waals surface area (Å²) in [7, 11) is 0. The largest absolute Gasteiger partial charge is 0.381 e. The maximum atomic E-state index is 5.60. The SMILES string of the molecule is CCCCC(CC)(CBr)CCOCCC. The molecule has 92 valence electrons. The predicted octanol–water partition coefficient (Wildman–Crippen LogP) is 4.78. The van der Waals surface area contributed by atoms with Crippen molar-refractivity contribution < 1.29 is 4.74 Å². The lowest BCUT2D eigenvalue weighted by Crippen LogP contribution is -2.24. The van der Waals surface area contributed by atoms with Gasteiger partial charge in [-0.2, -0.15) is 0 Å². The molecule has 0 aliphatic rings. The lowest BCUT2D eigenvalue weighted by Gasteiger charge is -2.30. The summed E-state index contributed by atoms with van der Waals surface area (Å²) in [5, 5.41) is 1.12. The molecule has 0 aliphatic carbocycles. The number of ether oxygens (including phenoxy) is 1. The Kier molecular flexibility index (Phi) is 9.93. The fourth-order valence-corrected chi connectivity index (χ4v) is 2.75. The summed E-state index contributed by atoms with van der Waals surface area (Å²) in [5.41, 5.74) is 0.476. The highest BCUT2D eigenvalue weighted by Gasteiger charge is 2.25. The Balaban J connectivity index is 3.88. The lowest BCUT2D eigenvalue weighted by atomic mass is 9.79. The molecule has 0 aromatic heterocycles. The average Bonchev–Trinajstić information content (AvgIpc) is 2.29. The van der Waals surface area contributed by atoms with Crippen molar-refractivity contribution in [3.63, 3.8) is 0 Å². The van der Waals surface area contributed by atoms with Gasteiger partial charge in [0, 0.05) is 18.5 Å². The maximum Gasteiger partial charge on any atom is 0.0471 e. The van der Waals surface area contributed by atoms with E-state index in [4.69, 9.17) is 4.74 Å². The van der Waals surface area contributed by atoms with E-state index in [1.165, 1.54) is 32.1 Å². The third kappa shape index (κ3) is 6.57. The number of halogens is 1. The first kappa shape index (κ1) is 15.4. The van der Waals surface area contributed by atoms with Crippen LogP contribution >= 0.6 is 15.9 Å². The van der Waals surface area contributed by atoms with E-state index in [-0.39, 0.29) is 0 Å². The monoisotopic (exact) mass is 278 g/mol. The number of alkyl halides is 1. The molecule has 0 radical (unpaired) electrons. The molecule has 0 aromatic rings. The van der Waals surface area contributed by atoms with E-state index in [1.807, 2.05) is 0 Å². The van der Waals surface area contributed by atoms with Gasteiger partial charge in [0.05, 0.1) is 0 Å². The van der Waals surface area contributed by atoms with Gasteiger partial charge in [-0.25, -0.2) is 0 Å². The van der Waals surface area contributed by atoms with Crippen LogP contribution in [0.1, 0.15) is 59.3 Å². The van der Waals surface area contributed by atoms with E-state index >= 15 is 0 Å². The molecule has 0 heterocycles. The number of rotatable bonds is 10. The first-order chi connectivity index (χ1) is 7.24. The van der Waals surface area contributed by atoms with Gasteiger partial charge in [-0.1, -0.05) is 49.5 Å². The van der Waals surface area contributed by atoms with Crippen molar-refractivity contribution in [1.82, 2.24) is 0 Å². The summed E-state index contributed by atoms with van der Waals surface area (Å²) in [5.74, 6) is 0. The predicted molar refractivity (Wildman–Crippen MR) is 71.8 cm³/mol. The van der Waals surface area contributed by atoms with E-state index in [0.29, 0.717) is 5.41 Å². The Labute approximate surface area is 104 Å². The highest BCUT2D eigenvalue weighted by atomic mass is 79.9. The smallest absolute Gasteiger partial charge is 0.0471 e. The van der Waals surface area contributed by atoms with E-state index in [0.717, 1.165) is 25.0 Å². The molecular formula is C13H27BrO. The molecule has 1 nitrogen and oxygen atoms in total. The second kappa shape index (κ2) is 9.65. The third-order valence-corrected chi connectivity index (χ3v) is 4.41. The van der Waals surface area contributed by atoms with Crippen LogP contribution in [0.5, 0.6) is 0 Å². The van der Waals surface area contributed by atoms with Gasteiger partial charge in [0.2, 0.25) is 0 Å². The molecule has 0 bridgehead atoms. The summed E-state index contributed by atoms with van der Waals surface area (Å²) in [6, 6.07) is 0. The second-order valence-electron chi connectivity index (χ2n) is 4.45. The average molecular weight is 279 g/mol. The van der Waals surface area contributed by atoms with E-state index in [1.54, 1.807) is 0 Å². The van der Waals surface area contributed by atoms with Crippen molar-refractivity contribution in [2.24, 2.45) is 5.41 Å². The van der Waals surface area contributed by atoms with Crippen molar-refractivity contribution in [3.8, 4) is 0 Å². The zero-order valence-corrected chi connectivity index (χ0v) is 12.2. The molecule has 0 aliphatic heterocycles. The summed E-state index contributed by atoms with van der Waals surface area (Å²) in [6.45, 7) is 8.57. The van der Waals surface area contributed by atoms with Gasteiger partial charge >= 0.3 is 0 Å². The van der Waals surface area contributed by atoms with Crippen molar-refractivity contribution in [3.05, 3.63) is 0 Å². The molecule has 2 heteroatoms. The maximum absolute atomic E-state index is 5.60. The van der Waals surface area contributed by atoms with Gasteiger partial charge in [-0.15, -0.1) is 0 Å². The zero-order chi connectivity index (χ0) is 11.6. The highest BCUT2D eigenvalue weighted by molar-refractivity contribution is 9.09. The fourth-order valence-electron chi connectivity index (χ4n) is 1.79. The Morgan fingerprint density at radius 3 is 2.20 bits per heavy atom. The van der Waals surface area contributed by atoms with Crippen molar-refractivity contribution >= 4 is 15.9 Å². The molecule has 0 rings (SSSR count). The van der Waals surface area contributed by atoms with Crippen molar-refractivity contribution in [2.45, 2.75) is 59.3 Å². The van der Waals surface area contributed by atoms with Gasteiger partial charge < -0.3 is 4.74 Å². The summed E-state index contributed by atoms with van der Waals surface area (Å²) < 4.78 is 5.60. The van der Waals surface area contributed by atoms with E-state index < -0.39 is 0 Å². The van der Waals surface area contributed by atoms with Crippen LogP contribution in [0, 0.1) is 5.41 Å². The molecule has 0 amide bonds. The molecule has 0 fully saturated rings. The molecule has 0 aromatic carbocycles. The minimum atomic E-state index is 0.476. The number of hydrogen-bond acceptors (Lipinski definition) is 1. The normalized spacial score (nSPS) is 15.2. The van der Waals surface area contributed by atoms with Gasteiger partial charge in [0.1, 0.15) is 0 Å². The molecule has 1 atom stereocenters. The Morgan fingerprint density at radius 2 is 1.73 bits per heavy atom. The fraction of sp³-hybridized carbons (Fsp3) is 1.00. The minimum Gasteiger partial charge on any atom is -0.381 e. The summed E-state index contributed by atoms with van der Waals surface area (Å²) in [4.78, 5) is 0. The van der Waals surface area contributed by atoms with Crippen LogP contribution in [0.3, 0.4) is 0 Å². The summed E-state index contributed by atoms with van der Waals surface area (Å²) in [6.07, 6.45) is 7.56. The first-order valence-electron chi connectivity index (χ1n) is 6.38. The van der Waals surface area contributed by atoms with Gasteiger partial charge in [-0.05, 0) is 31.1 Å². The molecule has 15 heavy (non-hydrogen) atoms. The van der Waals surface area contributed by atoms with Crippen LogP contribution in [0.2, 0.25) is 0 Å². The summed E-state index contributed by atoms with van der Waals surface area (Å²) >= 11 is 3.68. The van der Waals surface area contributed by atoms with E-state index in [9.17, 15) is 0 Å². The van der Waals surface area contributed by atoms with Crippen LogP contribution in [0.25, 0.3) is 0 Å². The number of hydrogen-bond donors (Lipinski definition) is 0. The van der Waals surface area contributed by atoms with Crippen LogP contribution in [-0.4, -0.2) is 18.5 Å². The van der Waals surface area contributed by atoms with Crippen molar-refractivity contribution in [1.29, 1.82) is 0 Å². The lowest BCUT2D eigenvalue weighted by molar-refractivity contribution is 0.0953. The Hall–Kier alpha value is 0.440.